The Bertz CT molecular complexity index is 643. The number of nitrogens with zero attached hydrogens (tertiary/aromatic N) is 2. The first-order chi connectivity index (χ1) is 12.6. The molecule has 144 valence electrons. The van der Waals surface area contributed by atoms with E-state index in [0.717, 1.165) is 55.1 Å². The number of nitrogens with one attached hydrogen (secondary N) is 1. The maximum absolute atomic E-state index is 5.88. The topological polar surface area (TPSA) is 55.3 Å². The van der Waals surface area contributed by atoms with Gasteiger partial charge in [0.1, 0.15) is 17.6 Å². The van der Waals surface area contributed by atoms with E-state index in [1.807, 2.05) is 7.05 Å². The van der Waals surface area contributed by atoms with E-state index < -0.39 is 0 Å². The number of hydrogen-bond donors (Lipinski definition) is 1. The molecule has 1 heterocycles. The minimum atomic E-state index is 0.229. The molecule has 3 rings (SSSR count). The van der Waals surface area contributed by atoms with Gasteiger partial charge < -0.3 is 24.4 Å². The molecule has 2 aliphatic rings. The van der Waals surface area contributed by atoms with Crippen molar-refractivity contribution in [1.29, 1.82) is 0 Å². The zero-order chi connectivity index (χ0) is 18.5. The van der Waals surface area contributed by atoms with Crippen LogP contribution in [0.15, 0.2) is 17.1 Å². The van der Waals surface area contributed by atoms with Gasteiger partial charge in [0.25, 0.3) is 0 Å². The molecule has 0 saturated heterocycles. The van der Waals surface area contributed by atoms with E-state index in [0.29, 0.717) is 6.54 Å². The molecule has 6 heteroatoms. The van der Waals surface area contributed by atoms with Crippen LogP contribution in [0.25, 0.3) is 0 Å². The fraction of sp³-hybridized carbons (Fsp3) is 0.650. The fourth-order valence-electron chi connectivity index (χ4n) is 3.21. The van der Waals surface area contributed by atoms with Gasteiger partial charge >= 0.3 is 0 Å². The van der Waals surface area contributed by atoms with Crippen molar-refractivity contribution in [2.45, 2.75) is 38.8 Å². The van der Waals surface area contributed by atoms with Gasteiger partial charge in [-0.1, -0.05) is 0 Å². The first-order valence-electron chi connectivity index (χ1n) is 9.46. The van der Waals surface area contributed by atoms with Gasteiger partial charge in [-0.15, -0.1) is 0 Å². The standard InChI is InChI=1S/C20H31N3O3/c1-14-9-16-10-18(24-4)17(11-19(16)26-14)12-22-20(21-2)23(3)7-8-25-13-15-5-6-15/h10-11,14-15H,5-9,12-13H2,1-4H3,(H,21,22). The quantitative estimate of drug-likeness (QED) is 0.438. The van der Waals surface area contributed by atoms with E-state index in [2.05, 4.69) is 34.3 Å². The molecule has 1 atom stereocenters. The van der Waals surface area contributed by atoms with Crippen LogP contribution >= 0.6 is 0 Å². The Kier molecular flexibility index (Phi) is 6.25. The third-order valence-corrected chi connectivity index (χ3v) is 4.93. The molecule has 0 amide bonds. The SMILES string of the molecule is CN=C(NCc1cc2c(cc1OC)CC(C)O2)N(C)CCOCC1CC1. The lowest BCUT2D eigenvalue weighted by Gasteiger charge is -2.22. The zero-order valence-electron chi connectivity index (χ0n) is 16.4. The lowest BCUT2D eigenvalue weighted by Crippen LogP contribution is -2.40. The first kappa shape index (κ1) is 18.8. The van der Waals surface area contributed by atoms with Gasteiger partial charge in [0.05, 0.1) is 13.7 Å². The number of benzene rings is 1. The number of likely N-dealkylation sites (N-methyl/N-ethyl adjacent to an activating group) is 1. The molecule has 1 aromatic rings. The predicted molar refractivity (Wildman–Crippen MR) is 103 cm³/mol. The maximum atomic E-state index is 5.88. The molecular formula is C20H31N3O3. The summed E-state index contributed by atoms with van der Waals surface area (Å²) in [6.45, 7) is 5.15. The van der Waals surface area contributed by atoms with Crippen LogP contribution in [0.1, 0.15) is 30.9 Å². The molecule has 1 saturated carbocycles. The second-order valence-electron chi connectivity index (χ2n) is 7.24. The van der Waals surface area contributed by atoms with Crippen LogP contribution in [0.3, 0.4) is 0 Å². The van der Waals surface area contributed by atoms with Crippen LogP contribution in [0.4, 0.5) is 0 Å². The summed E-state index contributed by atoms with van der Waals surface area (Å²) in [5.41, 5.74) is 2.28. The number of hydrogen-bond acceptors (Lipinski definition) is 4. The summed E-state index contributed by atoms with van der Waals surface area (Å²) < 4.78 is 17.2. The summed E-state index contributed by atoms with van der Waals surface area (Å²) in [6.07, 6.45) is 3.81. The lowest BCUT2D eigenvalue weighted by atomic mass is 10.1. The molecular weight excluding hydrogens is 330 g/mol. The normalized spacial score (nSPS) is 19.1. The van der Waals surface area contributed by atoms with E-state index in [9.17, 15) is 0 Å². The van der Waals surface area contributed by atoms with Crippen LogP contribution in [-0.2, 0) is 17.7 Å². The average Bonchev–Trinajstić information content (AvgIpc) is 3.38. The number of methoxy groups -OCH3 is 1. The molecule has 6 nitrogen and oxygen atoms in total. The highest BCUT2D eigenvalue weighted by molar-refractivity contribution is 5.79. The second-order valence-corrected chi connectivity index (χ2v) is 7.24. The van der Waals surface area contributed by atoms with Crippen molar-refractivity contribution >= 4 is 5.96 Å². The van der Waals surface area contributed by atoms with Crippen molar-refractivity contribution < 1.29 is 14.2 Å². The molecule has 1 fully saturated rings. The Morgan fingerprint density at radius 2 is 2.19 bits per heavy atom. The highest BCUT2D eigenvalue weighted by Gasteiger charge is 2.22. The van der Waals surface area contributed by atoms with Crippen LogP contribution < -0.4 is 14.8 Å². The Morgan fingerprint density at radius 3 is 2.88 bits per heavy atom. The summed E-state index contributed by atoms with van der Waals surface area (Å²) in [5, 5.41) is 3.41. The fourth-order valence-corrected chi connectivity index (χ4v) is 3.21. The maximum Gasteiger partial charge on any atom is 0.193 e. The zero-order valence-corrected chi connectivity index (χ0v) is 16.4. The van der Waals surface area contributed by atoms with E-state index in [4.69, 9.17) is 14.2 Å². The summed E-state index contributed by atoms with van der Waals surface area (Å²) in [6, 6.07) is 4.17. The van der Waals surface area contributed by atoms with Gasteiger partial charge in [0.15, 0.2) is 5.96 Å². The van der Waals surface area contributed by atoms with E-state index in [1.165, 1.54) is 18.4 Å². The van der Waals surface area contributed by atoms with Gasteiger partial charge in [0, 0.05) is 51.3 Å². The number of aliphatic imine (C=N–C) groups is 1. The highest BCUT2D eigenvalue weighted by Crippen LogP contribution is 2.35. The lowest BCUT2D eigenvalue weighted by molar-refractivity contribution is 0.115. The Balaban J connectivity index is 1.53. The molecule has 0 aromatic heterocycles. The number of rotatable bonds is 8. The Morgan fingerprint density at radius 1 is 1.38 bits per heavy atom. The molecule has 1 unspecified atom stereocenters. The van der Waals surface area contributed by atoms with Crippen molar-refractivity contribution in [1.82, 2.24) is 10.2 Å². The third-order valence-electron chi connectivity index (χ3n) is 4.93. The van der Waals surface area contributed by atoms with E-state index in [-0.39, 0.29) is 6.10 Å². The molecule has 0 bridgehead atoms. The molecule has 0 spiro atoms. The highest BCUT2D eigenvalue weighted by atomic mass is 16.5. The average molecular weight is 361 g/mol. The van der Waals surface area contributed by atoms with Crippen molar-refractivity contribution in [2.75, 3.05) is 41.0 Å². The van der Waals surface area contributed by atoms with Crippen molar-refractivity contribution in [3.05, 3.63) is 23.3 Å². The number of guanidine groups is 1. The van der Waals surface area contributed by atoms with Crippen LogP contribution in [0.2, 0.25) is 0 Å². The minimum absolute atomic E-state index is 0.229. The molecule has 1 aromatic carbocycles. The van der Waals surface area contributed by atoms with Gasteiger partial charge in [-0.3, -0.25) is 4.99 Å². The van der Waals surface area contributed by atoms with Crippen molar-refractivity contribution in [3.63, 3.8) is 0 Å². The third kappa shape index (κ3) is 4.81. The van der Waals surface area contributed by atoms with Crippen LogP contribution in [0.5, 0.6) is 11.5 Å². The molecule has 1 aliphatic heterocycles. The molecule has 1 aliphatic carbocycles. The number of fused-ring (bicyclic) bond motifs is 1. The molecule has 1 N–H and O–H groups in total. The van der Waals surface area contributed by atoms with Gasteiger partial charge in [-0.05, 0) is 37.8 Å². The summed E-state index contributed by atoms with van der Waals surface area (Å²) in [4.78, 5) is 6.46. The van der Waals surface area contributed by atoms with Crippen molar-refractivity contribution in [3.8, 4) is 11.5 Å². The van der Waals surface area contributed by atoms with Gasteiger partial charge in [-0.25, -0.2) is 0 Å². The van der Waals surface area contributed by atoms with Crippen molar-refractivity contribution in [2.24, 2.45) is 10.9 Å². The van der Waals surface area contributed by atoms with Crippen LogP contribution in [-0.4, -0.2) is 57.9 Å². The summed E-state index contributed by atoms with van der Waals surface area (Å²) in [7, 11) is 5.54. The summed E-state index contributed by atoms with van der Waals surface area (Å²) >= 11 is 0. The Hall–Kier alpha value is -1.95. The smallest absolute Gasteiger partial charge is 0.193 e. The molecule has 26 heavy (non-hydrogen) atoms. The predicted octanol–water partition coefficient (Wildman–Crippen LogP) is 2.45. The van der Waals surface area contributed by atoms with E-state index in [1.54, 1.807) is 14.2 Å². The summed E-state index contributed by atoms with van der Waals surface area (Å²) in [5.74, 6) is 3.50. The van der Waals surface area contributed by atoms with Gasteiger partial charge in [-0.2, -0.15) is 0 Å². The number of ether oxygens (including phenoxy) is 3. The molecule has 0 radical (unpaired) electrons. The first-order valence-corrected chi connectivity index (χ1v) is 9.46. The largest absolute Gasteiger partial charge is 0.496 e. The van der Waals surface area contributed by atoms with Gasteiger partial charge in [0.2, 0.25) is 0 Å². The monoisotopic (exact) mass is 361 g/mol. The Labute approximate surface area is 156 Å². The second kappa shape index (κ2) is 8.62. The minimum Gasteiger partial charge on any atom is -0.496 e. The van der Waals surface area contributed by atoms with Crippen LogP contribution in [0, 0.1) is 5.92 Å². The van der Waals surface area contributed by atoms with E-state index >= 15 is 0 Å².